The van der Waals surface area contributed by atoms with Gasteiger partial charge in [0.15, 0.2) is 5.96 Å². The average Bonchev–Trinajstić information content (AvgIpc) is 2.70. The molecule has 1 saturated heterocycles. The molecule has 0 spiro atoms. The van der Waals surface area contributed by atoms with Gasteiger partial charge in [-0.25, -0.2) is 4.99 Å². The van der Waals surface area contributed by atoms with Gasteiger partial charge in [0.2, 0.25) is 0 Å². The number of aliphatic imine (C=N–C) groups is 1. The van der Waals surface area contributed by atoms with E-state index in [1.54, 1.807) is 13.2 Å². The Morgan fingerprint density at radius 2 is 2.03 bits per heavy atom. The van der Waals surface area contributed by atoms with Crippen LogP contribution in [0.3, 0.4) is 0 Å². The first-order chi connectivity index (χ1) is 14.0. The minimum absolute atomic E-state index is 0. The first-order valence-corrected chi connectivity index (χ1v) is 10.3. The fourth-order valence-electron chi connectivity index (χ4n) is 3.16. The third-order valence-electron chi connectivity index (χ3n) is 4.56. The molecule has 6 nitrogen and oxygen atoms in total. The summed E-state index contributed by atoms with van der Waals surface area (Å²) < 4.78 is 40.8. The van der Waals surface area contributed by atoms with Gasteiger partial charge in [0.25, 0.3) is 0 Å². The lowest BCUT2D eigenvalue weighted by molar-refractivity contribution is -0.0504. The summed E-state index contributed by atoms with van der Waals surface area (Å²) in [5, 5.41) is 3.72. The molecule has 30 heavy (non-hydrogen) atoms. The Hall–Kier alpha value is -0.910. The molecule has 0 saturated carbocycles. The van der Waals surface area contributed by atoms with E-state index in [4.69, 9.17) is 21.1 Å². The van der Waals surface area contributed by atoms with Gasteiger partial charge in [0.05, 0.1) is 12.6 Å². The molecular formula is C20H31ClF2IN3O3. The van der Waals surface area contributed by atoms with Crippen LogP contribution in [-0.2, 0) is 16.0 Å². The zero-order valence-electron chi connectivity index (χ0n) is 17.4. The highest BCUT2D eigenvalue weighted by Gasteiger charge is 2.22. The summed E-state index contributed by atoms with van der Waals surface area (Å²) >= 11 is 6.02. The van der Waals surface area contributed by atoms with Crippen molar-refractivity contribution in [3.63, 3.8) is 0 Å². The monoisotopic (exact) mass is 561 g/mol. The topological polar surface area (TPSA) is 55.3 Å². The fraction of sp³-hybridized carbons (Fsp3) is 0.650. The molecule has 10 heteroatoms. The van der Waals surface area contributed by atoms with Gasteiger partial charge < -0.3 is 24.4 Å². The Kier molecular flexibility index (Phi) is 13.5. The van der Waals surface area contributed by atoms with E-state index in [2.05, 4.69) is 19.9 Å². The molecule has 1 aliphatic heterocycles. The lowest BCUT2D eigenvalue weighted by Crippen LogP contribution is -2.47. The van der Waals surface area contributed by atoms with Crippen LogP contribution in [0.5, 0.6) is 5.75 Å². The molecule has 1 fully saturated rings. The van der Waals surface area contributed by atoms with Crippen LogP contribution in [0.1, 0.15) is 31.7 Å². The van der Waals surface area contributed by atoms with Crippen molar-refractivity contribution in [2.45, 2.75) is 45.4 Å². The molecule has 0 radical (unpaired) electrons. The summed E-state index contributed by atoms with van der Waals surface area (Å²) in [7, 11) is 1.69. The Balaban J connectivity index is 0.00000450. The Morgan fingerprint density at radius 3 is 2.67 bits per heavy atom. The number of hydrogen-bond acceptors (Lipinski definition) is 4. The number of ether oxygens (including phenoxy) is 3. The molecular weight excluding hydrogens is 531 g/mol. The van der Waals surface area contributed by atoms with Gasteiger partial charge in [0, 0.05) is 50.5 Å². The molecule has 172 valence electrons. The van der Waals surface area contributed by atoms with Crippen molar-refractivity contribution < 1.29 is 23.0 Å². The molecule has 0 unspecified atom stereocenters. The van der Waals surface area contributed by atoms with Gasteiger partial charge in [-0.2, -0.15) is 8.78 Å². The normalized spacial score (nSPS) is 15.3. The van der Waals surface area contributed by atoms with Crippen molar-refractivity contribution >= 4 is 41.5 Å². The molecule has 1 aromatic carbocycles. The van der Waals surface area contributed by atoms with E-state index in [9.17, 15) is 8.78 Å². The first kappa shape index (κ1) is 27.1. The van der Waals surface area contributed by atoms with E-state index in [1.807, 2.05) is 6.92 Å². The molecule has 2 rings (SSSR count). The number of benzene rings is 1. The molecule has 1 N–H and O–H groups in total. The van der Waals surface area contributed by atoms with Crippen LogP contribution in [0.4, 0.5) is 8.78 Å². The number of guanidine groups is 1. The number of piperidine rings is 1. The summed E-state index contributed by atoms with van der Waals surface area (Å²) in [6.45, 7) is 3.04. The van der Waals surface area contributed by atoms with Crippen LogP contribution >= 0.6 is 35.6 Å². The average molecular weight is 562 g/mol. The zero-order valence-corrected chi connectivity index (χ0v) is 20.5. The number of nitrogens with one attached hydrogen (secondary N) is 1. The van der Waals surface area contributed by atoms with E-state index in [0.717, 1.165) is 38.3 Å². The number of alkyl halides is 2. The van der Waals surface area contributed by atoms with Crippen LogP contribution in [0.25, 0.3) is 0 Å². The largest absolute Gasteiger partial charge is 0.434 e. The minimum atomic E-state index is -2.89. The number of likely N-dealkylation sites (tertiary alicyclic amines) is 1. The fourth-order valence-corrected chi connectivity index (χ4v) is 3.35. The predicted octanol–water partition coefficient (Wildman–Crippen LogP) is 4.54. The molecule has 0 bridgehead atoms. The maximum absolute atomic E-state index is 12.6. The summed E-state index contributed by atoms with van der Waals surface area (Å²) in [4.78, 5) is 6.78. The highest BCUT2D eigenvalue weighted by molar-refractivity contribution is 14.0. The SMILES string of the molecule is CCNC(=NCc1cc(Cl)ccc1OC(F)F)N1CCC(OCCCOC)CC1.I. The maximum Gasteiger partial charge on any atom is 0.387 e. The first-order valence-electron chi connectivity index (χ1n) is 9.90. The number of halogens is 4. The van der Waals surface area contributed by atoms with Crippen LogP contribution in [0.15, 0.2) is 23.2 Å². The van der Waals surface area contributed by atoms with Gasteiger partial charge in [-0.05, 0) is 44.4 Å². The lowest BCUT2D eigenvalue weighted by atomic mass is 10.1. The van der Waals surface area contributed by atoms with Crippen molar-refractivity contribution in [3.05, 3.63) is 28.8 Å². The quantitative estimate of drug-likeness (QED) is 0.197. The van der Waals surface area contributed by atoms with E-state index < -0.39 is 6.61 Å². The van der Waals surface area contributed by atoms with E-state index in [1.165, 1.54) is 12.1 Å². The summed E-state index contributed by atoms with van der Waals surface area (Å²) in [5.74, 6) is 0.834. The van der Waals surface area contributed by atoms with Gasteiger partial charge in [0.1, 0.15) is 5.75 Å². The second-order valence-corrected chi connectivity index (χ2v) is 7.14. The highest BCUT2D eigenvalue weighted by Crippen LogP contribution is 2.25. The van der Waals surface area contributed by atoms with Crippen molar-refractivity contribution in [2.75, 3.05) is 40.0 Å². The number of hydrogen-bond donors (Lipinski definition) is 1. The van der Waals surface area contributed by atoms with Crippen molar-refractivity contribution in [3.8, 4) is 5.75 Å². The van der Waals surface area contributed by atoms with Gasteiger partial charge in [-0.3, -0.25) is 0 Å². The Labute approximate surface area is 199 Å². The van der Waals surface area contributed by atoms with Crippen molar-refractivity contribution in [2.24, 2.45) is 4.99 Å². The minimum Gasteiger partial charge on any atom is -0.434 e. The van der Waals surface area contributed by atoms with E-state index in [-0.39, 0.29) is 42.4 Å². The lowest BCUT2D eigenvalue weighted by Gasteiger charge is -2.34. The standard InChI is InChI=1S/C20H30ClF2N3O3.HI/c1-3-24-20(26-9-7-17(8-10-26)28-12-4-11-27-2)25-14-15-13-16(21)5-6-18(15)29-19(22)23;/h5-6,13,17,19H,3-4,7-12,14H2,1-2H3,(H,24,25);1H. The van der Waals surface area contributed by atoms with Crippen LogP contribution < -0.4 is 10.1 Å². The van der Waals surface area contributed by atoms with Gasteiger partial charge >= 0.3 is 6.61 Å². The van der Waals surface area contributed by atoms with Crippen LogP contribution in [0.2, 0.25) is 5.02 Å². The molecule has 0 amide bonds. The van der Waals surface area contributed by atoms with E-state index in [0.29, 0.717) is 30.3 Å². The van der Waals surface area contributed by atoms with Crippen LogP contribution in [0, 0.1) is 0 Å². The van der Waals surface area contributed by atoms with Crippen molar-refractivity contribution in [1.82, 2.24) is 10.2 Å². The van der Waals surface area contributed by atoms with E-state index >= 15 is 0 Å². The third-order valence-corrected chi connectivity index (χ3v) is 4.80. The maximum atomic E-state index is 12.6. The summed E-state index contributed by atoms with van der Waals surface area (Å²) in [6.07, 6.45) is 2.96. The zero-order chi connectivity index (χ0) is 21.1. The molecule has 0 aliphatic carbocycles. The van der Waals surface area contributed by atoms with Crippen molar-refractivity contribution in [1.29, 1.82) is 0 Å². The molecule has 0 atom stereocenters. The molecule has 1 aliphatic rings. The summed E-state index contributed by atoms with van der Waals surface area (Å²) in [5.41, 5.74) is 0.518. The van der Waals surface area contributed by atoms with Gasteiger partial charge in [-0.15, -0.1) is 24.0 Å². The molecule has 1 aromatic rings. The Bertz CT molecular complexity index is 648. The predicted molar refractivity (Wildman–Crippen MR) is 125 cm³/mol. The second-order valence-electron chi connectivity index (χ2n) is 6.70. The van der Waals surface area contributed by atoms with Crippen LogP contribution in [-0.4, -0.2) is 63.5 Å². The highest BCUT2D eigenvalue weighted by atomic mass is 127. The number of nitrogens with zero attached hydrogens (tertiary/aromatic N) is 2. The Morgan fingerprint density at radius 1 is 1.30 bits per heavy atom. The molecule has 0 aromatic heterocycles. The third kappa shape index (κ3) is 9.49. The molecule has 1 heterocycles. The van der Waals surface area contributed by atoms with Gasteiger partial charge in [-0.1, -0.05) is 11.6 Å². The summed E-state index contributed by atoms with van der Waals surface area (Å²) in [6, 6.07) is 4.57. The second kappa shape index (κ2) is 15.0. The number of rotatable bonds is 10. The number of methoxy groups -OCH3 is 1. The smallest absolute Gasteiger partial charge is 0.387 e.